The van der Waals surface area contributed by atoms with Crippen molar-refractivity contribution in [1.29, 1.82) is 0 Å². The number of nitrogens with zero attached hydrogens (tertiary/aromatic N) is 3. The van der Waals surface area contributed by atoms with Gasteiger partial charge in [-0.05, 0) is 49.2 Å². The first-order chi connectivity index (χ1) is 13.1. The lowest BCUT2D eigenvalue weighted by molar-refractivity contribution is -0.123. The van der Waals surface area contributed by atoms with Gasteiger partial charge in [-0.15, -0.1) is 0 Å². The zero-order chi connectivity index (χ0) is 18.9. The zero-order valence-corrected chi connectivity index (χ0v) is 16.4. The number of nitrogens with one attached hydrogen (secondary N) is 1. The van der Waals surface area contributed by atoms with Gasteiger partial charge in [0, 0.05) is 43.9 Å². The van der Waals surface area contributed by atoms with E-state index >= 15 is 0 Å². The Labute approximate surface area is 165 Å². The maximum absolute atomic E-state index is 12.8. The molecule has 1 aliphatic carbocycles. The Hall–Kier alpha value is -2.11. The monoisotopic (exact) mass is 384 g/mol. The summed E-state index contributed by atoms with van der Waals surface area (Å²) in [5.74, 6) is 1.09. The molecule has 0 bridgehead atoms. The van der Waals surface area contributed by atoms with E-state index < -0.39 is 5.41 Å². The Morgan fingerprint density at radius 1 is 1.19 bits per heavy atom. The van der Waals surface area contributed by atoms with Crippen LogP contribution in [0.3, 0.4) is 0 Å². The van der Waals surface area contributed by atoms with E-state index in [1.807, 2.05) is 30.5 Å². The van der Waals surface area contributed by atoms with Crippen molar-refractivity contribution in [3.05, 3.63) is 58.7 Å². The maximum Gasteiger partial charge on any atom is 0.230 e. The quantitative estimate of drug-likeness (QED) is 0.861. The molecule has 1 N–H and O–H groups in total. The summed E-state index contributed by atoms with van der Waals surface area (Å²) in [6, 6.07) is 11.8. The molecule has 1 aromatic carbocycles. The number of halogens is 1. The predicted octanol–water partition coefficient (Wildman–Crippen LogP) is 2.83. The Morgan fingerprint density at radius 3 is 2.59 bits per heavy atom. The molecule has 0 unspecified atom stereocenters. The molecule has 1 amide bonds. The van der Waals surface area contributed by atoms with Crippen molar-refractivity contribution >= 4 is 23.3 Å². The fourth-order valence-electron chi connectivity index (χ4n) is 3.65. The molecule has 2 heterocycles. The molecule has 2 aliphatic rings. The van der Waals surface area contributed by atoms with Gasteiger partial charge in [-0.25, -0.2) is 4.98 Å². The highest BCUT2D eigenvalue weighted by Gasteiger charge is 2.51. The van der Waals surface area contributed by atoms with Gasteiger partial charge < -0.3 is 15.1 Å². The highest BCUT2D eigenvalue weighted by molar-refractivity contribution is 6.30. The third-order valence-electron chi connectivity index (χ3n) is 5.65. The molecular weight excluding hydrogens is 360 g/mol. The van der Waals surface area contributed by atoms with Crippen LogP contribution in [0.4, 0.5) is 5.82 Å². The molecule has 27 heavy (non-hydrogen) atoms. The largest absolute Gasteiger partial charge is 0.354 e. The van der Waals surface area contributed by atoms with Gasteiger partial charge in [0.1, 0.15) is 5.82 Å². The van der Waals surface area contributed by atoms with Crippen LogP contribution in [0.25, 0.3) is 0 Å². The van der Waals surface area contributed by atoms with Crippen molar-refractivity contribution in [3.63, 3.8) is 0 Å². The molecule has 1 aromatic heterocycles. The molecule has 142 valence electrons. The number of rotatable bonds is 5. The number of carbonyl (C=O) groups excluding carboxylic acids is 1. The lowest BCUT2D eigenvalue weighted by atomic mass is 9.95. The van der Waals surface area contributed by atoms with Gasteiger partial charge in [0.15, 0.2) is 0 Å². The summed E-state index contributed by atoms with van der Waals surface area (Å²) in [5, 5.41) is 3.76. The summed E-state index contributed by atoms with van der Waals surface area (Å²) in [5.41, 5.74) is 1.62. The predicted molar refractivity (Wildman–Crippen MR) is 108 cm³/mol. The molecule has 1 aliphatic heterocycles. The smallest absolute Gasteiger partial charge is 0.230 e. The Kier molecular flexibility index (Phi) is 5.06. The Balaban J connectivity index is 1.35. The molecular formula is C21H25ClN4O. The third kappa shape index (κ3) is 3.94. The first-order valence-electron chi connectivity index (χ1n) is 9.50. The second-order valence-corrected chi connectivity index (χ2v) is 8.03. The Morgan fingerprint density at radius 2 is 1.96 bits per heavy atom. The van der Waals surface area contributed by atoms with E-state index in [1.165, 1.54) is 0 Å². The van der Waals surface area contributed by atoms with Crippen LogP contribution in [0.15, 0.2) is 42.6 Å². The first-order valence-corrected chi connectivity index (χ1v) is 9.87. The third-order valence-corrected chi connectivity index (χ3v) is 5.89. The minimum absolute atomic E-state index is 0.0768. The highest BCUT2D eigenvalue weighted by Crippen LogP contribution is 2.48. The van der Waals surface area contributed by atoms with Crippen LogP contribution in [0.2, 0.25) is 5.02 Å². The van der Waals surface area contributed by atoms with Crippen LogP contribution in [-0.4, -0.2) is 49.0 Å². The van der Waals surface area contributed by atoms with Crippen molar-refractivity contribution in [2.75, 3.05) is 38.1 Å². The lowest BCUT2D eigenvalue weighted by Gasteiger charge is -2.33. The number of likely N-dealkylation sites (N-methyl/N-ethyl adjacent to an activating group) is 1. The van der Waals surface area contributed by atoms with Crippen LogP contribution < -0.4 is 10.2 Å². The average Bonchev–Trinajstić information content (AvgIpc) is 3.49. The van der Waals surface area contributed by atoms with Crippen molar-refractivity contribution in [1.82, 2.24) is 15.2 Å². The minimum Gasteiger partial charge on any atom is -0.354 e. The number of aromatic nitrogens is 1. The second-order valence-electron chi connectivity index (χ2n) is 7.59. The van der Waals surface area contributed by atoms with E-state index in [0.29, 0.717) is 11.6 Å². The normalized spacial score (nSPS) is 19.0. The van der Waals surface area contributed by atoms with E-state index in [1.54, 1.807) is 0 Å². The summed E-state index contributed by atoms with van der Waals surface area (Å²) in [6.45, 7) is 4.62. The van der Waals surface area contributed by atoms with Crippen LogP contribution in [0.1, 0.15) is 24.0 Å². The van der Waals surface area contributed by atoms with Crippen molar-refractivity contribution in [3.8, 4) is 0 Å². The Bertz CT molecular complexity index is 811. The molecule has 4 rings (SSSR count). The molecule has 0 atom stereocenters. The van der Waals surface area contributed by atoms with Crippen LogP contribution >= 0.6 is 11.6 Å². The van der Waals surface area contributed by atoms with Crippen LogP contribution in [0, 0.1) is 0 Å². The molecule has 1 saturated carbocycles. The van der Waals surface area contributed by atoms with Crippen molar-refractivity contribution < 1.29 is 4.79 Å². The summed E-state index contributed by atoms with van der Waals surface area (Å²) in [4.78, 5) is 22.0. The summed E-state index contributed by atoms with van der Waals surface area (Å²) >= 11 is 6.10. The molecule has 6 heteroatoms. The standard InChI is InChI=1S/C21H25ClN4O/c1-25-9-11-26(12-10-25)19-6-5-16(14-23-19)15-24-20(27)21(7-8-21)17-3-2-4-18(22)13-17/h2-6,13-14H,7-12,15H2,1H3,(H,24,27). The number of piperazine rings is 1. The molecule has 1 saturated heterocycles. The van der Waals surface area contributed by atoms with Crippen molar-refractivity contribution in [2.45, 2.75) is 24.8 Å². The van der Waals surface area contributed by atoms with Crippen molar-refractivity contribution in [2.24, 2.45) is 0 Å². The van der Waals surface area contributed by atoms with Gasteiger partial charge in [-0.3, -0.25) is 4.79 Å². The van der Waals surface area contributed by atoms with E-state index in [-0.39, 0.29) is 5.91 Å². The number of pyridine rings is 1. The lowest BCUT2D eigenvalue weighted by Crippen LogP contribution is -2.44. The summed E-state index contributed by atoms with van der Waals surface area (Å²) in [6.07, 6.45) is 3.62. The fraction of sp³-hybridized carbons (Fsp3) is 0.429. The molecule has 0 spiro atoms. The number of benzene rings is 1. The first kappa shape index (κ1) is 18.3. The second kappa shape index (κ2) is 7.49. The summed E-state index contributed by atoms with van der Waals surface area (Å²) in [7, 11) is 2.15. The summed E-state index contributed by atoms with van der Waals surface area (Å²) < 4.78 is 0. The van der Waals surface area contributed by atoms with Gasteiger partial charge in [0.25, 0.3) is 0 Å². The number of amides is 1. The number of hydrogen-bond donors (Lipinski definition) is 1. The van der Waals surface area contributed by atoms with Crippen LogP contribution in [0.5, 0.6) is 0 Å². The van der Waals surface area contributed by atoms with Gasteiger partial charge in [0.05, 0.1) is 5.41 Å². The van der Waals surface area contributed by atoms with Crippen LogP contribution in [-0.2, 0) is 16.8 Å². The van der Waals surface area contributed by atoms with E-state index in [9.17, 15) is 4.79 Å². The van der Waals surface area contributed by atoms with Gasteiger partial charge in [-0.1, -0.05) is 29.8 Å². The number of hydrogen-bond acceptors (Lipinski definition) is 4. The average molecular weight is 385 g/mol. The minimum atomic E-state index is -0.405. The SMILES string of the molecule is CN1CCN(c2ccc(CNC(=O)C3(c4cccc(Cl)c4)CC3)cn2)CC1. The van der Waals surface area contributed by atoms with Gasteiger partial charge in [0.2, 0.25) is 5.91 Å². The molecule has 0 radical (unpaired) electrons. The number of carbonyl (C=O) groups is 1. The number of anilines is 1. The van der Waals surface area contributed by atoms with Gasteiger partial charge >= 0.3 is 0 Å². The van der Waals surface area contributed by atoms with Gasteiger partial charge in [-0.2, -0.15) is 0 Å². The fourth-order valence-corrected chi connectivity index (χ4v) is 3.84. The molecule has 5 nitrogen and oxygen atoms in total. The maximum atomic E-state index is 12.8. The topological polar surface area (TPSA) is 48.5 Å². The van der Waals surface area contributed by atoms with E-state index in [0.717, 1.165) is 56.0 Å². The van der Waals surface area contributed by atoms with E-state index in [4.69, 9.17) is 11.6 Å². The highest BCUT2D eigenvalue weighted by atomic mass is 35.5. The van der Waals surface area contributed by atoms with E-state index in [2.05, 4.69) is 39.3 Å². The molecule has 2 fully saturated rings. The zero-order valence-electron chi connectivity index (χ0n) is 15.6. The molecule has 2 aromatic rings.